The van der Waals surface area contributed by atoms with Crippen LogP contribution >= 0.6 is 39.1 Å². The van der Waals surface area contributed by atoms with Crippen LogP contribution in [0.15, 0.2) is 46.9 Å². The first-order valence-corrected chi connectivity index (χ1v) is 8.46. The van der Waals surface area contributed by atoms with Gasteiger partial charge in [-0.05, 0) is 49.6 Å². The summed E-state index contributed by atoms with van der Waals surface area (Å²) in [6, 6.07) is 14.7. The molecule has 112 valence electrons. The first-order chi connectivity index (χ1) is 9.97. The summed E-state index contributed by atoms with van der Waals surface area (Å²) in [5.74, 6) is 0. The second kappa shape index (κ2) is 7.64. The van der Waals surface area contributed by atoms with Crippen molar-refractivity contribution in [2.45, 2.75) is 32.4 Å². The highest BCUT2D eigenvalue weighted by Gasteiger charge is 2.14. The molecule has 0 amide bonds. The van der Waals surface area contributed by atoms with Crippen molar-refractivity contribution in [2.75, 3.05) is 0 Å². The van der Waals surface area contributed by atoms with Crippen LogP contribution in [0.25, 0.3) is 0 Å². The van der Waals surface area contributed by atoms with Gasteiger partial charge >= 0.3 is 0 Å². The van der Waals surface area contributed by atoms with Gasteiger partial charge in [0.15, 0.2) is 0 Å². The molecule has 0 aliphatic heterocycles. The van der Waals surface area contributed by atoms with Gasteiger partial charge in [-0.15, -0.1) is 0 Å². The van der Waals surface area contributed by atoms with Crippen LogP contribution in [0.1, 0.15) is 31.0 Å². The van der Waals surface area contributed by atoms with E-state index in [9.17, 15) is 0 Å². The third kappa shape index (κ3) is 4.72. The first kappa shape index (κ1) is 16.8. The van der Waals surface area contributed by atoms with E-state index in [4.69, 9.17) is 23.2 Å². The van der Waals surface area contributed by atoms with Gasteiger partial charge in [0, 0.05) is 16.6 Å². The standard InChI is InChI=1S/C17H18BrCl2N/c1-11(10-13-6-8-14(18)9-7-13)21-12(2)15-4-3-5-16(19)17(15)20/h3-9,11-12,21H,10H2,1-2H3. The third-order valence-electron chi connectivity index (χ3n) is 3.44. The number of benzene rings is 2. The molecule has 21 heavy (non-hydrogen) atoms. The van der Waals surface area contributed by atoms with E-state index >= 15 is 0 Å². The molecule has 0 radical (unpaired) electrons. The van der Waals surface area contributed by atoms with Crippen LogP contribution in [-0.4, -0.2) is 6.04 Å². The van der Waals surface area contributed by atoms with E-state index in [1.807, 2.05) is 18.2 Å². The molecule has 1 N–H and O–H groups in total. The van der Waals surface area contributed by atoms with Crippen LogP contribution in [0.3, 0.4) is 0 Å². The van der Waals surface area contributed by atoms with Crippen LogP contribution in [0.5, 0.6) is 0 Å². The zero-order valence-electron chi connectivity index (χ0n) is 12.0. The fourth-order valence-electron chi connectivity index (χ4n) is 2.40. The Bertz CT molecular complexity index is 598. The molecule has 0 saturated carbocycles. The predicted octanol–water partition coefficient (Wildman–Crippen LogP) is 6.04. The van der Waals surface area contributed by atoms with Crippen molar-refractivity contribution in [3.05, 3.63) is 68.1 Å². The summed E-state index contributed by atoms with van der Waals surface area (Å²) < 4.78 is 1.10. The maximum absolute atomic E-state index is 6.27. The molecule has 2 aromatic rings. The lowest BCUT2D eigenvalue weighted by molar-refractivity contribution is 0.477. The number of halogens is 3. The van der Waals surface area contributed by atoms with E-state index < -0.39 is 0 Å². The van der Waals surface area contributed by atoms with Crippen molar-refractivity contribution in [1.29, 1.82) is 0 Å². The molecule has 0 fully saturated rings. The highest BCUT2D eigenvalue weighted by molar-refractivity contribution is 9.10. The van der Waals surface area contributed by atoms with Gasteiger partial charge in [0.05, 0.1) is 10.0 Å². The number of hydrogen-bond donors (Lipinski definition) is 1. The van der Waals surface area contributed by atoms with Crippen molar-refractivity contribution in [3.8, 4) is 0 Å². The smallest absolute Gasteiger partial charge is 0.0639 e. The molecule has 0 aromatic heterocycles. The third-order valence-corrected chi connectivity index (χ3v) is 4.80. The normalized spacial score (nSPS) is 14.0. The minimum absolute atomic E-state index is 0.154. The fourth-order valence-corrected chi connectivity index (χ4v) is 3.14. The number of hydrogen-bond acceptors (Lipinski definition) is 1. The Hall–Kier alpha value is -0.540. The molecule has 2 rings (SSSR count). The van der Waals surface area contributed by atoms with Crippen molar-refractivity contribution < 1.29 is 0 Å². The number of nitrogens with one attached hydrogen (secondary N) is 1. The molecule has 0 spiro atoms. The van der Waals surface area contributed by atoms with Gasteiger partial charge < -0.3 is 5.32 Å². The average Bonchev–Trinajstić information content (AvgIpc) is 2.44. The SMILES string of the molecule is CC(Cc1ccc(Br)cc1)NC(C)c1cccc(Cl)c1Cl. The minimum atomic E-state index is 0.154. The van der Waals surface area contributed by atoms with Crippen LogP contribution in [0, 0.1) is 0 Å². The Balaban J connectivity index is 2.00. The Kier molecular flexibility index (Phi) is 6.12. The monoisotopic (exact) mass is 385 g/mol. The summed E-state index contributed by atoms with van der Waals surface area (Å²) in [6.45, 7) is 4.28. The summed E-state index contributed by atoms with van der Waals surface area (Å²) in [7, 11) is 0. The first-order valence-electron chi connectivity index (χ1n) is 6.91. The number of rotatable bonds is 5. The lowest BCUT2D eigenvalue weighted by Gasteiger charge is -2.21. The van der Waals surface area contributed by atoms with Crippen molar-refractivity contribution in [2.24, 2.45) is 0 Å². The Morgan fingerprint density at radius 3 is 2.38 bits per heavy atom. The van der Waals surface area contributed by atoms with Crippen LogP contribution in [0.2, 0.25) is 10.0 Å². The summed E-state index contributed by atoms with van der Waals surface area (Å²) in [5.41, 5.74) is 2.34. The maximum Gasteiger partial charge on any atom is 0.0639 e. The molecule has 1 nitrogen and oxygen atoms in total. The molecule has 0 saturated heterocycles. The van der Waals surface area contributed by atoms with Gasteiger partial charge in [-0.2, -0.15) is 0 Å². The summed E-state index contributed by atoms with van der Waals surface area (Å²) in [5, 5.41) is 4.81. The quantitative estimate of drug-likeness (QED) is 0.660. The Morgan fingerprint density at radius 1 is 1.05 bits per heavy atom. The summed E-state index contributed by atoms with van der Waals surface area (Å²) >= 11 is 15.8. The lowest BCUT2D eigenvalue weighted by atomic mass is 10.0. The van der Waals surface area contributed by atoms with Gasteiger partial charge in [0.1, 0.15) is 0 Å². The van der Waals surface area contributed by atoms with E-state index in [1.54, 1.807) is 0 Å². The highest BCUT2D eigenvalue weighted by Crippen LogP contribution is 2.30. The minimum Gasteiger partial charge on any atom is -0.307 e. The van der Waals surface area contributed by atoms with E-state index in [0.717, 1.165) is 16.5 Å². The molecule has 0 aliphatic carbocycles. The topological polar surface area (TPSA) is 12.0 Å². The van der Waals surface area contributed by atoms with Gasteiger partial charge in [0.25, 0.3) is 0 Å². The van der Waals surface area contributed by atoms with Crippen molar-refractivity contribution in [1.82, 2.24) is 5.32 Å². The Labute approximate surface area is 144 Å². The largest absolute Gasteiger partial charge is 0.307 e. The zero-order chi connectivity index (χ0) is 15.4. The Morgan fingerprint density at radius 2 is 1.71 bits per heavy atom. The van der Waals surface area contributed by atoms with Gasteiger partial charge in [-0.25, -0.2) is 0 Å². The fraction of sp³-hybridized carbons (Fsp3) is 0.294. The van der Waals surface area contributed by atoms with Crippen molar-refractivity contribution >= 4 is 39.1 Å². The second-order valence-electron chi connectivity index (χ2n) is 5.26. The maximum atomic E-state index is 6.27. The van der Waals surface area contributed by atoms with E-state index in [-0.39, 0.29) is 6.04 Å². The molecule has 0 heterocycles. The molecule has 2 atom stereocenters. The highest BCUT2D eigenvalue weighted by atomic mass is 79.9. The average molecular weight is 387 g/mol. The molecular weight excluding hydrogens is 369 g/mol. The van der Waals surface area contributed by atoms with Gasteiger partial charge in [0.2, 0.25) is 0 Å². The van der Waals surface area contributed by atoms with Gasteiger partial charge in [-0.1, -0.05) is 63.4 Å². The summed E-state index contributed by atoms with van der Waals surface area (Å²) in [4.78, 5) is 0. The molecule has 0 bridgehead atoms. The molecule has 4 heteroatoms. The molecule has 2 unspecified atom stereocenters. The summed E-state index contributed by atoms with van der Waals surface area (Å²) in [6.07, 6.45) is 0.968. The molecule has 2 aromatic carbocycles. The van der Waals surface area contributed by atoms with Crippen LogP contribution in [0.4, 0.5) is 0 Å². The predicted molar refractivity (Wildman–Crippen MR) is 95.3 cm³/mol. The van der Waals surface area contributed by atoms with E-state index in [2.05, 4.69) is 59.4 Å². The van der Waals surface area contributed by atoms with Gasteiger partial charge in [-0.3, -0.25) is 0 Å². The lowest BCUT2D eigenvalue weighted by Crippen LogP contribution is -2.30. The van der Waals surface area contributed by atoms with E-state index in [0.29, 0.717) is 16.1 Å². The molecular formula is C17H18BrCl2N. The van der Waals surface area contributed by atoms with Crippen LogP contribution in [-0.2, 0) is 6.42 Å². The zero-order valence-corrected chi connectivity index (χ0v) is 15.1. The second-order valence-corrected chi connectivity index (χ2v) is 6.96. The van der Waals surface area contributed by atoms with E-state index in [1.165, 1.54) is 5.56 Å². The molecule has 0 aliphatic rings. The van der Waals surface area contributed by atoms with Crippen LogP contribution < -0.4 is 5.32 Å². The van der Waals surface area contributed by atoms with Crippen molar-refractivity contribution in [3.63, 3.8) is 0 Å².